The van der Waals surface area contributed by atoms with Crippen molar-refractivity contribution in [2.24, 2.45) is 11.8 Å². The van der Waals surface area contributed by atoms with Crippen LogP contribution in [0.4, 0.5) is 23.7 Å². The highest BCUT2D eigenvalue weighted by Crippen LogP contribution is 2.53. The molecule has 7 atom stereocenters. The fraction of sp³-hybridized carbons (Fsp3) is 0.500. The minimum absolute atomic E-state index is 0.0408. The van der Waals surface area contributed by atoms with E-state index in [1.807, 2.05) is 0 Å². The number of hydrogen-bond donors (Lipinski definition) is 5. The summed E-state index contributed by atoms with van der Waals surface area (Å²) in [7, 11) is -3.08. The molecule has 3 amide bonds. The van der Waals surface area contributed by atoms with Crippen molar-refractivity contribution in [1.82, 2.24) is 10.2 Å². The molecule has 0 spiro atoms. The number of likely N-dealkylation sites (tertiary alicyclic amines) is 1. The van der Waals surface area contributed by atoms with Gasteiger partial charge < -0.3 is 30.7 Å². The maximum Gasteiger partial charge on any atom is 0.410 e. The van der Waals surface area contributed by atoms with Crippen LogP contribution in [-0.4, -0.2) is 95.8 Å². The number of aliphatic hydroxyl groups is 3. The van der Waals surface area contributed by atoms with Crippen LogP contribution < -0.4 is 10.6 Å². The van der Waals surface area contributed by atoms with Crippen molar-refractivity contribution in [1.29, 1.82) is 0 Å². The highest BCUT2D eigenvalue weighted by Gasteiger charge is 2.59. The summed E-state index contributed by atoms with van der Waals surface area (Å²) in [6.45, 7) is -0.505. The Morgan fingerprint density at radius 3 is 2.30 bits per heavy atom. The predicted molar refractivity (Wildman–Crippen MR) is 160 cm³/mol. The lowest BCUT2D eigenvalue weighted by Gasteiger charge is -2.45. The number of hydrogen-bond acceptors (Lipinski definition) is 9. The summed E-state index contributed by atoms with van der Waals surface area (Å²) in [5.41, 5.74) is -2.34. The van der Waals surface area contributed by atoms with E-state index in [2.05, 4.69) is 15.4 Å². The molecule has 4 unspecified atom stereocenters. The van der Waals surface area contributed by atoms with Gasteiger partial charge in [-0.05, 0) is 55.7 Å². The predicted octanol–water partition coefficient (Wildman–Crippen LogP) is 2.38. The average Bonchev–Trinajstić information content (AvgIpc) is 3.46. The molecule has 2 bridgehead atoms. The molecule has 5 rings (SSSR count). The fourth-order valence-electron chi connectivity index (χ4n) is 7.07. The first-order valence-corrected chi connectivity index (χ1v) is 16.7. The number of amides is 3. The van der Waals surface area contributed by atoms with E-state index >= 15 is 0 Å². The maximum absolute atomic E-state index is 13.8. The van der Waals surface area contributed by atoms with Crippen molar-refractivity contribution in [2.75, 3.05) is 25.5 Å². The second-order valence-corrected chi connectivity index (χ2v) is 14.7. The maximum atomic E-state index is 13.8. The third-order valence-corrected chi connectivity index (χ3v) is 12.1. The van der Waals surface area contributed by atoms with Gasteiger partial charge in [0, 0.05) is 36.3 Å². The summed E-state index contributed by atoms with van der Waals surface area (Å²) in [5.74, 6) is -7.73. The molecule has 0 aromatic heterocycles. The number of methoxy groups -OCH3 is 1. The number of carbonyl (C=O) groups is 3. The number of fused-ring (bicyclic) bond motifs is 2. The van der Waals surface area contributed by atoms with E-state index < -0.39 is 98.4 Å². The summed E-state index contributed by atoms with van der Waals surface area (Å²) in [6, 6.07) is 3.50. The van der Waals surface area contributed by atoms with E-state index in [-0.39, 0.29) is 41.3 Å². The summed E-state index contributed by atoms with van der Waals surface area (Å²) < 4.78 is 72.9. The Balaban J connectivity index is 1.27. The van der Waals surface area contributed by atoms with Gasteiger partial charge in [-0.1, -0.05) is 11.6 Å². The number of nitrogens with zero attached hydrogens (tertiary/aromatic N) is 1. The van der Waals surface area contributed by atoms with Gasteiger partial charge in [-0.3, -0.25) is 14.5 Å². The number of ether oxygens (including phenoxy) is 1. The van der Waals surface area contributed by atoms with Gasteiger partial charge in [-0.25, -0.2) is 26.4 Å². The minimum Gasteiger partial charge on any atom is -0.453 e. The number of carbonyl (C=O) groups excluding carboxylic acids is 3. The monoisotopic (exact) mass is 703 g/mol. The van der Waals surface area contributed by atoms with Crippen molar-refractivity contribution in [3.63, 3.8) is 0 Å². The highest BCUT2D eigenvalue weighted by molar-refractivity contribution is 7.92. The van der Waals surface area contributed by atoms with Gasteiger partial charge >= 0.3 is 6.09 Å². The Bertz CT molecular complexity index is 1660. The Labute approximate surface area is 272 Å². The van der Waals surface area contributed by atoms with Crippen LogP contribution in [0.25, 0.3) is 0 Å². The molecule has 3 aliphatic rings. The van der Waals surface area contributed by atoms with Gasteiger partial charge in [0.25, 0.3) is 5.91 Å². The third-order valence-electron chi connectivity index (χ3n) is 9.44. The largest absolute Gasteiger partial charge is 0.453 e. The van der Waals surface area contributed by atoms with Crippen molar-refractivity contribution in [3.8, 4) is 0 Å². The van der Waals surface area contributed by atoms with Crippen LogP contribution in [0.3, 0.4) is 0 Å². The van der Waals surface area contributed by atoms with E-state index in [1.54, 1.807) is 0 Å². The molecule has 12 nitrogen and oxygen atoms in total. The summed E-state index contributed by atoms with van der Waals surface area (Å²) in [4.78, 5) is 38.4. The number of nitrogens with one attached hydrogen (secondary N) is 2. The van der Waals surface area contributed by atoms with E-state index in [1.165, 1.54) is 12.1 Å². The molecule has 0 radical (unpaired) electrons. The van der Waals surface area contributed by atoms with Gasteiger partial charge in [0.05, 0.1) is 40.5 Å². The smallest absolute Gasteiger partial charge is 0.410 e. The Morgan fingerprint density at radius 1 is 1.09 bits per heavy atom. The molecule has 2 aromatic carbocycles. The molecule has 2 aromatic rings. The van der Waals surface area contributed by atoms with Gasteiger partial charge in [0.2, 0.25) is 5.91 Å². The normalized spacial score (nSPS) is 27.7. The van der Waals surface area contributed by atoms with Crippen LogP contribution in [0.5, 0.6) is 0 Å². The Morgan fingerprint density at radius 2 is 1.70 bits per heavy atom. The second-order valence-electron chi connectivity index (χ2n) is 12.1. The first kappa shape index (κ1) is 34.9. The molecule has 2 aliphatic carbocycles. The molecule has 5 N–H and O–H groups in total. The molecular weight excluding hydrogens is 671 g/mol. The number of sulfone groups is 1. The number of benzene rings is 2. The standard InChI is InChI=1S/C30H33ClF3N3O9S/c1-46-29(42)37-13-18(38)11-23(37)28(41)35-12-25(39)30(43)15-3-4-16(30)8-19(7-15)47(44,45)24-6-14(2-5-20(24)31)27(40)36-17-9-21(32)26(34)22(33)10-17/h2,5-6,9-10,15-16,18-19,23,25,38-39,43H,3-4,7-8,11-13H2,1H3,(H,35,41)(H,36,40)/t15-,16?,18+,19?,23-,25?,30?/m0/s1. The zero-order valence-corrected chi connectivity index (χ0v) is 26.5. The summed E-state index contributed by atoms with van der Waals surface area (Å²) >= 11 is 6.26. The van der Waals surface area contributed by atoms with Crippen LogP contribution in [0.15, 0.2) is 35.2 Å². The zero-order valence-electron chi connectivity index (χ0n) is 25.0. The van der Waals surface area contributed by atoms with Crippen molar-refractivity contribution >= 4 is 45.0 Å². The number of β-amino-alcohol motifs (C(OH)–C–C–N with tert-alkyl or cyclic N) is 1. The summed E-state index contributed by atoms with van der Waals surface area (Å²) in [6.07, 6.45) is -2.61. The molecule has 1 aliphatic heterocycles. The van der Waals surface area contributed by atoms with Crippen LogP contribution in [0.1, 0.15) is 42.5 Å². The molecule has 1 heterocycles. The second kappa shape index (κ2) is 13.2. The number of anilines is 1. The van der Waals surface area contributed by atoms with E-state index in [0.717, 1.165) is 18.1 Å². The van der Waals surface area contributed by atoms with Crippen LogP contribution in [-0.2, 0) is 19.4 Å². The van der Waals surface area contributed by atoms with Gasteiger partial charge in [-0.2, -0.15) is 0 Å². The first-order valence-electron chi connectivity index (χ1n) is 14.8. The van der Waals surface area contributed by atoms with Crippen molar-refractivity contribution < 1.29 is 56.0 Å². The minimum atomic E-state index is -4.22. The molecule has 1 saturated heterocycles. The number of halogens is 4. The molecule has 17 heteroatoms. The lowest BCUT2D eigenvalue weighted by atomic mass is 9.71. The van der Waals surface area contributed by atoms with E-state index in [0.29, 0.717) is 25.0 Å². The average molecular weight is 704 g/mol. The van der Waals surface area contributed by atoms with Crippen LogP contribution in [0.2, 0.25) is 5.02 Å². The van der Waals surface area contributed by atoms with E-state index in [9.17, 15) is 51.3 Å². The molecule has 2 saturated carbocycles. The quantitative estimate of drug-likeness (QED) is 0.258. The topological polar surface area (TPSA) is 183 Å². The number of rotatable bonds is 8. The first-order chi connectivity index (χ1) is 22.1. The van der Waals surface area contributed by atoms with Gasteiger partial charge in [0.1, 0.15) is 12.1 Å². The molecule has 47 heavy (non-hydrogen) atoms. The zero-order chi connectivity index (χ0) is 34.4. The Kier molecular flexibility index (Phi) is 9.81. The summed E-state index contributed by atoms with van der Waals surface area (Å²) in [5, 5.41) is 36.2. The molecule has 256 valence electrons. The van der Waals surface area contributed by atoms with E-state index in [4.69, 9.17) is 11.6 Å². The SMILES string of the molecule is COC(=O)N1C[C@H](O)C[C@H]1C(=O)NCC(O)C1(O)C2CC[C@H]1CC(S(=O)(=O)c1cc(C(=O)Nc3cc(F)c(F)c(F)c3)ccc1Cl)C2. The molecule has 3 fully saturated rings. The fourth-order valence-corrected chi connectivity index (χ4v) is 9.47. The number of aliphatic hydroxyl groups excluding tert-OH is 2. The van der Waals surface area contributed by atoms with Crippen molar-refractivity contribution in [2.45, 2.75) is 66.1 Å². The highest BCUT2D eigenvalue weighted by atomic mass is 35.5. The van der Waals surface area contributed by atoms with Crippen molar-refractivity contribution in [3.05, 3.63) is 58.4 Å². The van der Waals surface area contributed by atoms with Gasteiger partial charge in [-0.15, -0.1) is 0 Å². The van der Waals surface area contributed by atoms with Gasteiger partial charge in [0.15, 0.2) is 27.3 Å². The van der Waals surface area contributed by atoms with Crippen LogP contribution >= 0.6 is 11.6 Å². The lowest BCUT2D eigenvalue weighted by molar-refractivity contribution is -0.144. The lowest BCUT2D eigenvalue weighted by Crippen LogP contribution is -2.59. The molecular formula is C30H33ClF3N3O9S. The third kappa shape index (κ3) is 6.53. The van der Waals surface area contributed by atoms with Crippen LogP contribution in [0, 0.1) is 29.3 Å². The Hall–Kier alpha value is -3.44.